The number of hydrogen-bond acceptors (Lipinski definition) is 7. The average Bonchev–Trinajstić information content (AvgIpc) is 2.89. The third kappa shape index (κ3) is 6.91. The molecule has 0 radical (unpaired) electrons. The molecule has 1 N–H and O–H groups in total. The summed E-state index contributed by atoms with van der Waals surface area (Å²) in [7, 11) is 0.00280. The molecule has 0 aliphatic heterocycles. The number of carbonyl (C=O) groups is 1. The summed E-state index contributed by atoms with van der Waals surface area (Å²) >= 11 is 6.21. The molecule has 38 heavy (non-hydrogen) atoms. The summed E-state index contributed by atoms with van der Waals surface area (Å²) in [5, 5.41) is 4.60. The molecule has 1 aliphatic carbocycles. The number of carbonyl (C=O) groups excluding carboxylic acids is 1. The van der Waals surface area contributed by atoms with Crippen LogP contribution in [0.3, 0.4) is 0 Å². The Morgan fingerprint density at radius 1 is 1.00 bits per heavy atom. The Balaban J connectivity index is 1.91. The van der Waals surface area contributed by atoms with Gasteiger partial charge >= 0.3 is 0 Å². The first kappa shape index (κ1) is 29.6. The number of rotatable bonds is 9. The number of hydrogen-bond donors (Lipinski definition) is 1. The standard InChI is InChI=1S/C27H36ClN3O6S/c1-27(2,3)18-7-10-20(11-8-18)29-30-26(32)17-31(22-15-19(28)9-13-23(22)35-4)38(33,34)21-12-14-24(36-5)25(16-21)37-6/h9,12-16,18H,7-8,10-11,17H2,1-6H3,(H,30,32). The van der Waals surface area contributed by atoms with Crippen LogP contribution in [0.4, 0.5) is 5.69 Å². The summed E-state index contributed by atoms with van der Waals surface area (Å²) in [5.74, 6) is 0.829. The Hall–Kier alpha value is -2.98. The molecule has 3 rings (SSSR count). The summed E-state index contributed by atoms with van der Waals surface area (Å²) in [5.41, 5.74) is 3.78. The van der Waals surface area contributed by atoms with Gasteiger partial charge in [-0.2, -0.15) is 5.10 Å². The first-order chi connectivity index (χ1) is 17.9. The normalized spacial score (nSPS) is 16.0. The number of halogens is 1. The molecule has 0 spiro atoms. The molecular formula is C27H36ClN3O6S. The molecule has 0 aromatic heterocycles. The molecular weight excluding hydrogens is 530 g/mol. The number of methoxy groups -OCH3 is 3. The highest BCUT2D eigenvalue weighted by Crippen LogP contribution is 2.38. The summed E-state index contributed by atoms with van der Waals surface area (Å²) in [6, 6.07) is 8.76. The Morgan fingerprint density at radius 3 is 2.18 bits per heavy atom. The first-order valence-electron chi connectivity index (χ1n) is 12.3. The van der Waals surface area contributed by atoms with Crippen molar-refractivity contribution in [3.8, 4) is 17.2 Å². The zero-order valence-corrected chi connectivity index (χ0v) is 24.3. The van der Waals surface area contributed by atoms with E-state index in [9.17, 15) is 13.2 Å². The lowest BCUT2D eigenvalue weighted by Crippen LogP contribution is -2.40. The van der Waals surface area contributed by atoms with Gasteiger partial charge in [-0.15, -0.1) is 0 Å². The summed E-state index contributed by atoms with van der Waals surface area (Å²) in [6.07, 6.45) is 3.57. The fraction of sp³-hybridized carbons (Fsp3) is 0.481. The van der Waals surface area contributed by atoms with Gasteiger partial charge < -0.3 is 14.2 Å². The van der Waals surface area contributed by atoms with E-state index in [0.29, 0.717) is 11.7 Å². The predicted molar refractivity (Wildman–Crippen MR) is 149 cm³/mol. The lowest BCUT2D eigenvalue weighted by Gasteiger charge is -2.34. The number of nitrogens with zero attached hydrogens (tertiary/aromatic N) is 2. The van der Waals surface area contributed by atoms with Crippen molar-refractivity contribution in [1.29, 1.82) is 0 Å². The van der Waals surface area contributed by atoms with Crippen LogP contribution in [0.15, 0.2) is 46.4 Å². The molecule has 1 fully saturated rings. The molecule has 0 unspecified atom stereocenters. The lowest BCUT2D eigenvalue weighted by molar-refractivity contribution is -0.119. The minimum Gasteiger partial charge on any atom is -0.495 e. The number of benzene rings is 2. The Labute approximate surface area is 230 Å². The van der Waals surface area contributed by atoms with Crippen LogP contribution in [0.1, 0.15) is 46.5 Å². The molecule has 2 aromatic carbocycles. The van der Waals surface area contributed by atoms with Crippen LogP contribution in [0, 0.1) is 11.3 Å². The van der Waals surface area contributed by atoms with E-state index in [1.807, 2.05) is 0 Å². The molecule has 9 nitrogen and oxygen atoms in total. The molecule has 11 heteroatoms. The van der Waals surface area contributed by atoms with Gasteiger partial charge in [0.2, 0.25) is 0 Å². The zero-order chi connectivity index (χ0) is 28.1. The van der Waals surface area contributed by atoms with E-state index >= 15 is 0 Å². The fourth-order valence-corrected chi connectivity index (χ4v) is 6.10. The average molecular weight is 566 g/mol. The minimum absolute atomic E-state index is 0.100. The summed E-state index contributed by atoms with van der Waals surface area (Å²) < 4.78 is 44.6. The third-order valence-electron chi connectivity index (χ3n) is 6.77. The second-order valence-electron chi connectivity index (χ2n) is 10.2. The van der Waals surface area contributed by atoms with Crippen LogP contribution in [-0.2, 0) is 14.8 Å². The smallest absolute Gasteiger partial charge is 0.265 e. The topological polar surface area (TPSA) is 107 Å². The number of nitrogens with one attached hydrogen (secondary N) is 1. The monoisotopic (exact) mass is 565 g/mol. The van der Waals surface area contributed by atoms with Gasteiger partial charge in [0, 0.05) is 16.8 Å². The Morgan fingerprint density at radius 2 is 1.61 bits per heavy atom. The predicted octanol–water partition coefficient (Wildman–Crippen LogP) is 5.27. The second-order valence-corrected chi connectivity index (χ2v) is 12.5. The van der Waals surface area contributed by atoms with Gasteiger partial charge in [-0.1, -0.05) is 32.4 Å². The van der Waals surface area contributed by atoms with E-state index in [-0.39, 0.29) is 32.5 Å². The number of anilines is 1. The number of amides is 1. The molecule has 0 bridgehead atoms. The molecule has 0 heterocycles. The van der Waals surface area contributed by atoms with E-state index < -0.39 is 22.5 Å². The van der Waals surface area contributed by atoms with Crippen molar-refractivity contribution in [2.45, 2.75) is 51.3 Å². The van der Waals surface area contributed by atoms with Crippen LogP contribution in [0.25, 0.3) is 0 Å². The van der Waals surface area contributed by atoms with E-state index in [2.05, 4.69) is 31.3 Å². The van der Waals surface area contributed by atoms with Crippen molar-refractivity contribution in [3.63, 3.8) is 0 Å². The van der Waals surface area contributed by atoms with Gasteiger partial charge in [-0.3, -0.25) is 9.10 Å². The highest BCUT2D eigenvalue weighted by atomic mass is 35.5. The van der Waals surface area contributed by atoms with Crippen molar-refractivity contribution in [3.05, 3.63) is 41.4 Å². The van der Waals surface area contributed by atoms with Gasteiger partial charge in [0.25, 0.3) is 15.9 Å². The van der Waals surface area contributed by atoms with Crippen molar-refractivity contribution in [1.82, 2.24) is 5.43 Å². The molecule has 1 amide bonds. The van der Waals surface area contributed by atoms with Crippen LogP contribution >= 0.6 is 11.6 Å². The Bertz CT molecular complexity index is 1280. The zero-order valence-electron chi connectivity index (χ0n) is 22.7. The molecule has 0 atom stereocenters. The number of sulfonamides is 1. The molecule has 1 aliphatic rings. The van der Waals surface area contributed by atoms with Crippen LogP contribution in [0.2, 0.25) is 5.02 Å². The van der Waals surface area contributed by atoms with Gasteiger partial charge in [0.15, 0.2) is 11.5 Å². The van der Waals surface area contributed by atoms with Crippen molar-refractivity contribution in [2.24, 2.45) is 16.4 Å². The van der Waals surface area contributed by atoms with Gasteiger partial charge in [0.05, 0.1) is 31.9 Å². The number of ether oxygens (including phenoxy) is 3. The van der Waals surface area contributed by atoms with E-state index in [1.165, 1.54) is 45.6 Å². The van der Waals surface area contributed by atoms with Crippen molar-refractivity contribution < 1.29 is 27.4 Å². The largest absolute Gasteiger partial charge is 0.495 e. The highest BCUT2D eigenvalue weighted by molar-refractivity contribution is 7.92. The third-order valence-corrected chi connectivity index (χ3v) is 8.76. The van der Waals surface area contributed by atoms with E-state index in [0.717, 1.165) is 35.7 Å². The van der Waals surface area contributed by atoms with Gasteiger partial charge in [-0.25, -0.2) is 13.8 Å². The maximum atomic E-state index is 13.9. The van der Waals surface area contributed by atoms with Crippen LogP contribution in [0.5, 0.6) is 17.2 Å². The minimum atomic E-state index is -4.27. The lowest BCUT2D eigenvalue weighted by atomic mass is 9.72. The summed E-state index contributed by atoms with van der Waals surface area (Å²) in [4.78, 5) is 12.9. The fourth-order valence-electron chi connectivity index (χ4n) is 4.50. The van der Waals surface area contributed by atoms with Crippen LogP contribution < -0.4 is 23.9 Å². The van der Waals surface area contributed by atoms with E-state index in [4.69, 9.17) is 25.8 Å². The summed E-state index contributed by atoms with van der Waals surface area (Å²) in [6.45, 7) is 6.16. The maximum Gasteiger partial charge on any atom is 0.265 e. The van der Waals surface area contributed by atoms with Crippen LogP contribution in [-0.4, -0.2) is 47.9 Å². The maximum absolute atomic E-state index is 13.9. The SMILES string of the molecule is COc1ccc(S(=O)(=O)N(CC(=O)NN=C2CCC(C(C)(C)C)CC2)c2cc(Cl)ccc2OC)cc1OC. The molecule has 0 saturated heterocycles. The highest BCUT2D eigenvalue weighted by Gasteiger charge is 2.31. The molecule has 208 valence electrons. The second kappa shape index (κ2) is 12.3. The van der Waals surface area contributed by atoms with Gasteiger partial charge in [0.1, 0.15) is 12.3 Å². The van der Waals surface area contributed by atoms with Gasteiger partial charge in [-0.05, 0) is 67.3 Å². The Kier molecular flexibility index (Phi) is 9.54. The van der Waals surface area contributed by atoms with E-state index in [1.54, 1.807) is 12.1 Å². The molecule has 1 saturated carbocycles. The quantitative estimate of drug-likeness (QED) is 0.415. The van der Waals surface area contributed by atoms with Crippen molar-refractivity contribution in [2.75, 3.05) is 32.2 Å². The first-order valence-corrected chi connectivity index (χ1v) is 14.1. The molecule has 2 aromatic rings. The number of hydrazone groups is 1. The van der Waals surface area contributed by atoms with Crippen molar-refractivity contribution >= 4 is 38.9 Å².